The molecule has 0 saturated carbocycles. The van der Waals surface area contributed by atoms with Crippen molar-refractivity contribution in [3.8, 4) is 16.9 Å². The summed E-state index contributed by atoms with van der Waals surface area (Å²) in [7, 11) is 0. The van der Waals surface area contributed by atoms with Gasteiger partial charge >= 0.3 is 0 Å². The maximum absolute atomic E-state index is 12.2. The third-order valence-electron chi connectivity index (χ3n) is 4.42. The highest BCUT2D eigenvalue weighted by Crippen LogP contribution is 2.33. The molecule has 2 aromatic carbocycles. The Kier molecular flexibility index (Phi) is 6.58. The van der Waals surface area contributed by atoms with E-state index in [0.717, 1.165) is 29.9 Å². The summed E-state index contributed by atoms with van der Waals surface area (Å²) in [5, 5.41) is 2.94. The number of nitrogens with one attached hydrogen (secondary N) is 1. The fraction of sp³-hybridized carbons (Fsp3) is 0.381. The molecule has 0 aromatic heterocycles. The summed E-state index contributed by atoms with van der Waals surface area (Å²) in [6.07, 6.45) is 2.70. The van der Waals surface area contributed by atoms with Crippen molar-refractivity contribution in [1.29, 1.82) is 0 Å². The van der Waals surface area contributed by atoms with Gasteiger partial charge in [0.2, 0.25) is 5.91 Å². The van der Waals surface area contributed by atoms with E-state index >= 15 is 0 Å². The van der Waals surface area contributed by atoms with E-state index in [1.165, 1.54) is 10.5 Å². The highest BCUT2D eigenvalue weighted by molar-refractivity contribution is 7.99. The molecule has 0 fully saturated rings. The van der Waals surface area contributed by atoms with Crippen molar-refractivity contribution in [2.75, 3.05) is 12.4 Å². The van der Waals surface area contributed by atoms with Crippen molar-refractivity contribution in [3.05, 3.63) is 48.5 Å². The Morgan fingerprint density at radius 1 is 1.15 bits per heavy atom. The summed E-state index contributed by atoms with van der Waals surface area (Å²) in [5.74, 6) is 1.72. The van der Waals surface area contributed by atoms with Crippen molar-refractivity contribution in [3.63, 3.8) is 0 Å². The Bertz CT molecular complexity index is 750. The van der Waals surface area contributed by atoms with Crippen LogP contribution in [0.1, 0.15) is 26.2 Å². The van der Waals surface area contributed by atoms with Crippen LogP contribution < -0.4 is 15.8 Å². The zero-order chi connectivity index (χ0) is 18.4. The molecule has 2 aromatic rings. The van der Waals surface area contributed by atoms with E-state index in [2.05, 4.69) is 41.7 Å². The molecule has 1 aliphatic rings. The number of rotatable bonds is 0. The minimum absolute atomic E-state index is 0.0899. The fourth-order valence-electron chi connectivity index (χ4n) is 2.98. The van der Waals surface area contributed by atoms with Crippen LogP contribution in [0.4, 0.5) is 0 Å². The molecule has 0 spiro atoms. The number of hydrogen-bond donors (Lipinski definition) is 2. The topological polar surface area (TPSA) is 64.3 Å². The number of carbonyl (C=O) groups excluding carboxylic acids is 1. The monoisotopic (exact) mass is 370 g/mol. The van der Waals surface area contributed by atoms with E-state index in [1.807, 2.05) is 30.8 Å². The van der Waals surface area contributed by atoms with Crippen molar-refractivity contribution in [2.45, 2.75) is 43.2 Å². The molecule has 26 heavy (non-hydrogen) atoms. The van der Waals surface area contributed by atoms with Crippen molar-refractivity contribution in [1.82, 2.24) is 5.32 Å². The number of thioether (sulfide) groups is 1. The lowest BCUT2D eigenvalue weighted by molar-refractivity contribution is -0.123. The summed E-state index contributed by atoms with van der Waals surface area (Å²) < 4.78 is 5.90. The number of carbonyl (C=O) groups is 1. The normalized spacial score (nSPS) is 22.0. The third kappa shape index (κ3) is 5.02. The number of hydrogen-bond acceptors (Lipinski definition) is 4. The van der Waals surface area contributed by atoms with Gasteiger partial charge in [-0.1, -0.05) is 36.8 Å². The summed E-state index contributed by atoms with van der Waals surface area (Å²) >= 11 is 1.85. The highest BCUT2D eigenvalue weighted by atomic mass is 32.2. The van der Waals surface area contributed by atoms with Crippen LogP contribution in [0.25, 0.3) is 11.1 Å². The summed E-state index contributed by atoms with van der Waals surface area (Å²) in [5.41, 5.74) is 8.39. The van der Waals surface area contributed by atoms with Gasteiger partial charge in [0.1, 0.15) is 12.4 Å². The number of benzene rings is 2. The first kappa shape index (κ1) is 18.8. The number of fused-ring (bicyclic) bond motifs is 4. The van der Waals surface area contributed by atoms with Gasteiger partial charge in [-0.3, -0.25) is 4.79 Å². The molecule has 0 aliphatic carbocycles. The number of ether oxygens (including phenoxy) is 1. The molecule has 1 amide bonds. The summed E-state index contributed by atoms with van der Waals surface area (Å²) in [4.78, 5) is 13.4. The Morgan fingerprint density at radius 2 is 2.00 bits per heavy atom. The average molecular weight is 371 g/mol. The molecule has 1 heterocycles. The van der Waals surface area contributed by atoms with Gasteiger partial charge in [-0.25, -0.2) is 0 Å². The minimum atomic E-state index is -0.453. The van der Waals surface area contributed by atoms with Crippen LogP contribution in [-0.2, 0) is 4.79 Å². The van der Waals surface area contributed by atoms with Crippen LogP contribution in [0.3, 0.4) is 0 Å². The second kappa shape index (κ2) is 9.10. The lowest BCUT2D eigenvalue weighted by atomic mass is 10.1. The summed E-state index contributed by atoms with van der Waals surface area (Å²) in [6, 6.07) is 16.1. The molecule has 2 unspecified atom stereocenters. The van der Waals surface area contributed by atoms with E-state index in [0.29, 0.717) is 13.0 Å². The molecule has 1 aliphatic heterocycles. The van der Waals surface area contributed by atoms with Gasteiger partial charge < -0.3 is 15.8 Å². The zero-order valence-corrected chi connectivity index (χ0v) is 15.9. The molecule has 0 saturated heterocycles. The predicted molar refractivity (Wildman–Crippen MR) is 108 cm³/mol. The Morgan fingerprint density at radius 3 is 2.88 bits per heavy atom. The molecule has 4 nitrogen and oxygen atoms in total. The van der Waals surface area contributed by atoms with Crippen LogP contribution in [0, 0.1) is 0 Å². The maximum Gasteiger partial charge on any atom is 0.237 e. The fourth-order valence-corrected chi connectivity index (χ4v) is 4.06. The molecule has 3 N–H and O–H groups in total. The smallest absolute Gasteiger partial charge is 0.237 e. The molecular formula is C21H26N2O2S. The van der Waals surface area contributed by atoms with Gasteiger partial charge in [0.25, 0.3) is 0 Å². The van der Waals surface area contributed by atoms with Crippen LogP contribution in [0.5, 0.6) is 5.75 Å². The van der Waals surface area contributed by atoms with Gasteiger partial charge in [-0.05, 0) is 54.8 Å². The predicted octanol–water partition coefficient (Wildman–Crippen LogP) is 3.84. The molecule has 138 valence electrons. The van der Waals surface area contributed by atoms with Crippen LogP contribution in [0.15, 0.2) is 53.4 Å². The Balaban J connectivity index is 1.85. The van der Waals surface area contributed by atoms with Gasteiger partial charge in [0, 0.05) is 4.90 Å². The van der Waals surface area contributed by atoms with Gasteiger partial charge in [-0.2, -0.15) is 0 Å². The summed E-state index contributed by atoms with van der Waals surface area (Å²) in [6.45, 7) is 2.35. The molecule has 3 rings (SSSR count). The van der Waals surface area contributed by atoms with Crippen molar-refractivity contribution < 1.29 is 9.53 Å². The Hall–Kier alpha value is -1.98. The second-order valence-corrected chi connectivity index (χ2v) is 7.83. The van der Waals surface area contributed by atoms with Gasteiger partial charge in [0.15, 0.2) is 0 Å². The van der Waals surface area contributed by atoms with Crippen LogP contribution in [-0.4, -0.2) is 30.4 Å². The van der Waals surface area contributed by atoms with Gasteiger partial charge in [0.05, 0.1) is 12.1 Å². The van der Waals surface area contributed by atoms with E-state index in [4.69, 9.17) is 10.5 Å². The quantitative estimate of drug-likeness (QED) is 0.739. The molecular weight excluding hydrogens is 344 g/mol. The maximum atomic E-state index is 12.2. The minimum Gasteiger partial charge on any atom is -0.491 e. The lowest BCUT2D eigenvalue weighted by Crippen LogP contribution is -2.46. The standard InChI is InChI=1S/C21H26N2O2S/c1-15-14-25-17-8-6-7-16(13-17)18-9-2-3-11-20(18)26-12-5-4-10-19(22)21(24)23-15/h2-3,6-9,11,13,15,19H,4-5,10,12,14,22H2,1H3,(H,23,24). The lowest BCUT2D eigenvalue weighted by Gasteiger charge is -2.19. The average Bonchev–Trinajstić information content (AvgIpc) is 2.66. The first-order chi connectivity index (χ1) is 12.6. The first-order valence-electron chi connectivity index (χ1n) is 9.14. The second-order valence-electron chi connectivity index (χ2n) is 6.70. The zero-order valence-electron chi connectivity index (χ0n) is 15.1. The third-order valence-corrected chi connectivity index (χ3v) is 5.58. The van der Waals surface area contributed by atoms with E-state index in [9.17, 15) is 4.79 Å². The van der Waals surface area contributed by atoms with Crippen LogP contribution >= 0.6 is 11.8 Å². The van der Waals surface area contributed by atoms with Crippen molar-refractivity contribution >= 4 is 17.7 Å². The molecule has 0 radical (unpaired) electrons. The van der Waals surface area contributed by atoms with Crippen molar-refractivity contribution in [2.24, 2.45) is 5.73 Å². The highest BCUT2D eigenvalue weighted by Gasteiger charge is 2.16. The van der Waals surface area contributed by atoms with E-state index in [1.54, 1.807) is 0 Å². The SMILES string of the molecule is CC1COc2cccc(c2)-c2ccccc2SCCCCC(N)C(=O)N1. The van der Waals surface area contributed by atoms with E-state index < -0.39 is 6.04 Å². The molecule has 5 heteroatoms. The first-order valence-corrected chi connectivity index (χ1v) is 10.1. The molecule has 2 atom stereocenters. The number of amides is 1. The van der Waals surface area contributed by atoms with E-state index in [-0.39, 0.29) is 11.9 Å². The van der Waals surface area contributed by atoms with Crippen LogP contribution in [0.2, 0.25) is 0 Å². The van der Waals surface area contributed by atoms with Gasteiger partial charge in [-0.15, -0.1) is 11.8 Å². The molecule has 2 bridgehead atoms. The largest absolute Gasteiger partial charge is 0.491 e. The number of nitrogens with two attached hydrogens (primary N) is 1. The Labute approximate surface area is 159 Å².